The summed E-state index contributed by atoms with van der Waals surface area (Å²) in [6.45, 7) is 2.09. The van der Waals surface area contributed by atoms with Crippen LogP contribution in [0.25, 0.3) is 10.8 Å². The van der Waals surface area contributed by atoms with Crippen LogP contribution in [0, 0.1) is 11.3 Å². The second-order valence-electron chi connectivity index (χ2n) is 3.87. The van der Waals surface area contributed by atoms with E-state index in [1.807, 2.05) is 12.1 Å². The van der Waals surface area contributed by atoms with E-state index in [2.05, 4.69) is 43.3 Å². The average molecular weight is 195 g/mol. The van der Waals surface area contributed by atoms with Gasteiger partial charge in [0.25, 0.3) is 0 Å². The number of fused-ring (bicyclic) bond motifs is 1. The first-order valence-corrected chi connectivity index (χ1v) is 5.17. The van der Waals surface area contributed by atoms with Crippen LogP contribution in [0.2, 0.25) is 0 Å². The molecule has 0 heterocycles. The third kappa shape index (κ3) is 1.99. The lowest BCUT2D eigenvalue weighted by Crippen LogP contribution is -1.91. The van der Waals surface area contributed by atoms with Crippen molar-refractivity contribution < 1.29 is 0 Å². The third-order valence-electron chi connectivity index (χ3n) is 2.74. The van der Waals surface area contributed by atoms with Crippen molar-refractivity contribution in [2.75, 3.05) is 0 Å². The van der Waals surface area contributed by atoms with Gasteiger partial charge in [-0.05, 0) is 22.3 Å². The lowest BCUT2D eigenvalue weighted by molar-refractivity contribution is 0.790. The quantitative estimate of drug-likeness (QED) is 0.713. The van der Waals surface area contributed by atoms with Crippen LogP contribution in [0.3, 0.4) is 0 Å². The van der Waals surface area contributed by atoms with E-state index < -0.39 is 0 Å². The van der Waals surface area contributed by atoms with Crippen LogP contribution in [0.15, 0.2) is 42.5 Å². The minimum absolute atomic E-state index is 0.319. The van der Waals surface area contributed by atoms with Gasteiger partial charge in [0.1, 0.15) is 0 Å². The van der Waals surface area contributed by atoms with Crippen LogP contribution in [0.4, 0.5) is 0 Å². The molecule has 15 heavy (non-hydrogen) atoms. The predicted molar refractivity (Wildman–Crippen MR) is 62.6 cm³/mol. The van der Waals surface area contributed by atoms with Crippen molar-refractivity contribution in [3.8, 4) is 6.07 Å². The minimum atomic E-state index is 0.319. The summed E-state index contributed by atoms with van der Waals surface area (Å²) < 4.78 is 0. The number of nitrogens with zero attached hydrogens (tertiary/aromatic N) is 1. The number of nitriles is 1. The zero-order chi connectivity index (χ0) is 10.7. The Morgan fingerprint density at radius 3 is 2.60 bits per heavy atom. The molecule has 74 valence electrons. The molecule has 0 unspecified atom stereocenters. The highest BCUT2D eigenvalue weighted by atomic mass is 14.2. The molecule has 1 heteroatoms. The minimum Gasteiger partial charge on any atom is -0.198 e. The lowest BCUT2D eigenvalue weighted by atomic mass is 9.96. The van der Waals surface area contributed by atoms with Crippen molar-refractivity contribution in [3.05, 3.63) is 48.0 Å². The van der Waals surface area contributed by atoms with Gasteiger partial charge in [-0.1, -0.05) is 49.4 Å². The fourth-order valence-electron chi connectivity index (χ4n) is 1.77. The summed E-state index contributed by atoms with van der Waals surface area (Å²) in [5.41, 5.74) is 1.25. The molecule has 0 saturated carbocycles. The Hall–Kier alpha value is -1.81. The fourth-order valence-corrected chi connectivity index (χ4v) is 1.77. The molecule has 1 nitrogen and oxygen atoms in total. The van der Waals surface area contributed by atoms with Gasteiger partial charge in [-0.2, -0.15) is 5.26 Å². The van der Waals surface area contributed by atoms with Crippen molar-refractivity contribution in [1.82, 2.24) is 0 Å². The molecule has 0 N–H and O–H groups in total. The molecule has 2 aromatic rings. The van der Waals surface area contributed by atoms with Crippen LogP contribution in [-0.2, 0) is 0 Å². The Kier molecular flexibility index (Phi) is 2.69. The van der Waals surface area contributed by atoms with Crippen LogP contribution in [-0.4, -0.2) is 0 Å². The Morgan fingerprint density at radius 1 is 1.13 bits per heavy atom. The van der Waals surface area contributed by atoms with Gasteiger partial charge in [0.2, 0.25) is 0 Å². The van der Waals surface area contributed by atoms with E-state index in [-0.39, 0.29) is 0 Å². The standard InChI is InChI=1S/C14H13N/c1-11(8-9-15)13-7-6-12-4-2-3-5-14(12)10-13/h2-7,10-11H,8H2,1H3/t11-/m1/s1. The SMILES string of the molecule is C[C@H](CC#N)c1ccc2ccccc2c1. The van der Waals surface area contributed by atoms with Gasteiger partial charge >= 0.3 is 0 Å². The first-order valence-electron chi connectivity index (χ1n) is 5.17. The molecular formula is C14H13N. The van der Waals surface area contributed by atoms with Gasteiger partial charge in [-0.3, -0.25) is 0 Å². The highest BCUT2D eigenvalue weighted by Gasteiger charge is 2.04. The summed E-state index contributed by atoms with van der Waals surface area (Å²) in [5.74, 6) is 0.319. The van der Waals surface area contributed by atoms with Gasteiger partial charge in [0.15, 0.2) is 0 Å². The van der Waals surface area contributed by atoms with E-state index in [4.69, 9.17) is 5.26 Å². The molecule has 0 fully saturated rings. The maximum atomic E-state index is 8.66. The second-order valence-corrected chi connectivity index (χ2v) is 3.87. The van der Waals surface area contributed by atoms with Crippen molar-refractivity contribution in [1.29, 1.82) is 5.26 Å². The van der Waals surface area contributed by atoms with Crippen LogP contribution < -0.4 is 0 Å². The van der Waals surface area contributed by atoms with Gasteiger partial charge in [-0.15, -0.1) is 0 Å². The van der Waals surface area contributed by atoms with E-state index in [9.17, 15) is 0 Å². The van der Waals surface area contributed by atoms with Crippen molar-refractivity contribution in [2.24, 2.45) is 0 Å². The molecule has 0 aliphatic heterocycles. The lowest BCUT2D eigenvalue weighted by Gasteiger charge is -2.08. The van der Waals surface area contributed by atoms with Crippen molar-refractivity contribution in [3.63, 3.8) is 0 Å². The molecule has 2 aromatic carbocycles. The zero-order valence-corrected chi connectivity index (χ0v) is 8.77. The Labute approximate surface area is 90.0 Å². The molecule has 0 aliphatic rings. The fraction of sp³-hybridized carbons (Fsp3) is 0.214. The average Bonchev–Trinajstić information content (AvgIpc) is 2.29. The smallest absolute Gasteiger partial charge is 0.0628 e. The summed E-state index contributed by atoms with van der Waals surface area (Å²) in [7, 11) is 0. The van der Waals surface area contributed by atoms with Crippen molar-refractivity contribution >= 4 is 10.8 Å². The molecule has 0 aromatic heterocycles. The Bertz CT molecular complexity index is 508. The third-order valence-corrected chi connectivity index (χ3v) is 2.74. The zero-order valence-electron chi connectivity index (χ0n) is 8.77. The van der Waals surface area contributed by atoms with Crippen LogP contribution in [0.5, 0.6) is 0 Å². The summed E-state index contributed by atoms with van der Waals surface area (Å²) in [6, 6.07) is 16.9. The van der Waals surface area contributed by atoms with Crippen LogP contribution in [0.1, 0.15) is 24.8 Å². The topological polar surface area (TPSA) is 23.8 Å². The normalized spacial score (nSPS) is 12.3. The van der Waals surface area contributed by atoms with E-state index >= 15 is 0 Å². The summed E-state index contributed by atoms with van der Waals surface area (Å²) >= 11 is 0. The number of benzene rings is 2. The molecule has 0 spiro atoms. The molecule has 0 bridgehead atoms. The van der Waals surface area contributed by atoms with Gasteiger partial charge in [0, 0.05) is 6.42 Å². The highest BCUT2D eigenvalue weighted by molar-refractivity contribution is 5.83. The van der Waals surface area contributed by atoms with Crippen LogP contribution >= 0.6 is 0 Å². The molecular weight excluding hydrogens is 182 g/mol. The molecule has 0 aliphatic carbocycles. The van der Waals surface area contributed by atoms with E-state index in [1.54, 1.807) is 0 Å². The van der Waals surface area contributed by atoms with Gasteiger partial charge in [-0.25, -0.2) is 0 Å². The molecule has 2 rings (SSSR count). The number of rotatable bonds is 2. The molecule has 0 radical (unpaired) electrons. The van der Waals surface area contributed by atoms with Gasteiger partial charge < -0.3 is 0 Å². The second kappa shape index (κ2) is 4.14. The number of hydrogen-bond donors (Lipinski definition) is 0. The van der Waals surface area contributed by atoms with E-state index in [1.165, 1.54) is 16.3 Å². The summed E-state index contributed by atoms with van der Waals surface area (Å²) in [5, 5.41) is 11.2. The Morgan fingerprint density at radius 2 is 1.87 bits per heavy atom. The van der Waals surface area contributed by atoms with Crippen molar-refractivity contribution in [2.45, 2.75) is 19.3 Å². The van der Waals surface area contributed by atoms with Gasteiger partial charge in [0.05, 0.1) is 6.07 Å². The van der Waals surface area contributed by atoms with E-state index in [0.29, 0.717) is 12.3 Å². The maximum absolute atomic E-state index is 8.66. The summed E-state index contributed by atoms with van der Waals surface area (Å²) in [6.07, 6.45) is 0.582. The first-order chi connectivity index (χ1) is 7.31. The predicted octanol–water partition coefficient (Wildman–Crippen LogP) is 3.86. The largest absolute Gasteiger partial charge is 0.198 e. The monoisotopic (exact) mass is 195 g/mol. The maximum Gasteiger partial charge on any atom is 0.0628 e. The van der Waals surface area contributed by atoms with E-state index in [0.717, 1.165) is 0 Å². The highest BCUT2D eigenvalue weighted by Crippen LogP contribution is 2.23. The molecule has 1 atom stereocenters. The first kappa shape index (κ1) is 9.73. The Balaban J connectivity index is 2.43. The molecule has 0 saturated heterocycles. The molecule has 0 amide bonds. The summed E-state index contributed by atoms with van der Waals surface area (Å²) in [4.78, 5) is 0. The number of hydrogen-bond acceptors (Lipinski definition) is 1.